The number of hydrogen-bond acceptors (Lipinski definition) is 5. The van der Waals surface area contributed by atoms with Crippen molar-refractivity contribution in [3.8, 4) is 5.75 Å². The smallest absolute Gasteiger partial charge is 0.322 e. The van der Waals surface area contributed by atoms with Crippen LogP contribution in [0.4, 0.5) is 0 Å². The van der Waals surface area contributed by atoms with Crippen LogP contribution >= 0.6 is 0 Å². The van der Waals surface area contributed by atoms with Gasteiger partial charge in [-0.1, -0.05) is 27.2 Å². The highest BCUT2D eigenvalue weighted by Gasteiger charge is 2.29. The molecule has 0 aromatic heterocycles. The first-order valence-electron chi connectivity index (χ1n) is 8.34. The zero-order valence-electron chi connectivity index (χ0n) is 15.4. The number of carbonyl (C=O) groups excluding carboxylic acids is 1. The van der Waals surface area contributed by atoms with E-state index in [0.29, 0.717) is 24.2 Å². The van der Waals surface area contributed by atoms with Crippen molar-refractivity contribution >= 4 is 21.9 Å². The molecular formula is C17H26N2O6S. The Morgan fingerprint density at radius 1 is 1.27 bits per heavy atom. The standard InChI is InChI=1S/C17H26N2O6S/c1-5-11(3)16(17(21)22)19-26(23,24)13-7-8-14(25-4)12(9-13)10-18-15(20)6-2/h7-9,11,16,19H,5-6,10H2,1-4H3,(H,18,20)(H,21,22)/t11-,16-/m0/s1. The fourth-order valence-electron chi connectivity index (χ4n) is 2.26. The summed E-state index contributed by atoms with van der Waals surface area (Å²) in [4.78, 5) is 22.8. The van der Waals surface area contributed by atoms with Crippen LogP contribution in [0.15, 0.2) is 23.1 Å². The molecule has 1 aromatic carbocycles. The van der Waals surface area contributed by atoms with Crippen LogP contribution in [0.5, 0.6) is 5.75 Å². The van der Waals surface area contributed by atoms with Gasteiger partial charge in [-0.05, 0) is 24.1 Å². The Bertz CT molecular complexity index is 748. The van der Waals surface area contributed by atoms with Crippen LogP contribution in [-0.4, -0.2) is 38.6 Å². The molecule has 0 spiro atoms. The SMILES string of the molecule is CCC(=O)NCc1cc(S(=O)(=O)N[C@H](C(=O)O)[C@@H](C)CC)ccc1OC. The number of methoxy groups -OCH3 is 1. The van der Waals surface area contributed by atoms with Crippen LogP contribution in [0.1, 0.15) is 39.2 Å². The molecule has 1 rings (SSSR count). The average Bonchev–Trinajstić information content (AvgIpc) is 2.62. The number of hydrogen-bond donors (Lipinski definition) is 3. The summed E-state index contributed by atoms with van der Waals surface area (Å²) in [7, 11) is -2.61. The van der Waals surface area contributed by atoms with Gasteiger partial charge >= 0.3 is 5.97 Å². The van der Waals surface area contributed by atoms with Crippen LogP contribution in [0, 0.1) is 5.92 Å². The number of benzene rings is 1. The molecule has 0 saturated carbocycles. The molecule has 0 aliphatic carbocycles. The number of ether oxygens (including phenoxy) is 1. The Morgan fingerprint density at radius 3 is 2.42 bits per heavy atom. The molecule has 8 nitrogen and oxygen atoms in total. The van der Waals surface area contributed by atoms with Crippen molar-refractivity contribution in [1.82, 2.24) is 10.0 Å². The summed E-state index contributed by atoms with van der Waals surface area (Å²) in [5.74, 6) is -1.35. The third-order valence-electron chi connectivity index (χ3n) is 4.12. The molecule has 0 heterocycles. The first kappa shape index (κ1) is 21.9. The van der Waals surface area contributed by atoms with Gasteiger partial charge in [-0.3, -0.25) is 9.59 Å². The van der Waals surface area contributed by atoms with Gasteiger partial charge in [-0.2, -0.15) is 4.72 Å². The lowest BCUT2D eigenvalue weighted by Crippen LogP contribution is -2.44. The van der Waals surface area contributed by atoms with E-state index in [-0.39, 0.29) is 23.3 Å². The van der Waals surface area contributed by atoms with Gasteiger partial charge in [0.2, 0.25) is 15.9 Å². The molecule has 0 bridgehead atoms. The number of amides is 1. The molecule has 0 saturated heterocycles. The van der Waals surface area contributed by atoms with E-state index in [1.165, 1.54) is 25.3 Å². The van der Waals surface area contributed by atoms with E-state index >= 15 is 0 Å². The van der Waals surface area contributed by atoms with Crippen LogP contribution in [0.25, 0.3) is 0 Å². The minimum atomic E-state index is -4.05. The lowest BCUT2D eigenvalue weighted by molar-refractivity contribution is -0.140. The van der Waals surface area contributed by atoms with Crippen molar-refractivity contribution in [2.24, 2.45) is 5.92 Å². The van der Waals surface area contributed by atoms with Gasteiger partial charge in [0.05, 0.1) is 12.0 Å². The van der Waals surface area contributed by atoms with Gasteiger partial charge in [-0.15, -0.1) is 0 Å². The molecule has 0 aliphatic rings. The molecule has 0 aliphatic heterocycles. The summed E-state index contributed by atoms with van der Waals surface area (Å²) in [6, 6.07) is 2.95. The van der Waals surface area contributed by atoms with Gasteiger partial charge in [0, 0.05) is 18.5 Å². The van der Waals surface area contributed by atoms with E-state index in [2.05, 4.69) is 10.0 Å². The second kappa shape index (κ2) is 9.54. The lowest BCUT2D eigenvalue weighted by atomic mass is 10.0. The monoisotopic (exact) mass is 386 g/mol. The fraction of sp³-hybridized carbons (Fsp3) is 0.529. The largest absolute Gasteiger partial charge is 0.496 e. The zero-order chi connectivity index (χ0) is 19.9. The van der Waals surface area contributed by atoms with Gasteiger partial charge < -0.3 is 15.2 Å². The van der Waals surface area contributed by atoms with Crippen molar-refractivity contribution in [2.45, 2.75) is 51.1 Å². The summed E-state index contributed by atoms with van der Waals surface area (Å²) in [5, 5.41) is 12.0. The molecule has 1 amide bonds. The van der Waals surface area contributed by atoms with Gasteiger partial charge in [0.25, 0.3) is 0 Å². The summed E-state index contributed by atoms with van der Waals surface area (Å²) in [6.07, 6.45) is 0.813. The van der Waals surface area contributed by atoms with Crippen LogP contribution < -0.4 is 14.8 Å². The maximum absolute atomic E-state index is 12.6. The molecule has 9 heteroatoms. The summed E-state index contributed by atoms with van der Waals surface area (Å²) in [5.41, 5.74) is 0.479. The Morgan fingerprint density at radius 2 is 1.92 bits per heavy atom. The molecule has 3 N–H and O–H groups in total. The maximum atomic E-state index is 12.6. The predicted octanol–water partition coefficient (Wildman–Crippen LogP) is 1.50. The minimum absolute atomic E-state index is 0.0893. The third kappa shape index (κ3) is 5.70. The molecule has 0 radical (unpaired) electrons. The Hall–Kier alpha value is -2.13. The highest BCUT2D eigenvalue weighted by Crippen LogP contribution is 2.23. The Kier molecular flexibility index (Phi) is 8.04. The van der Waals surface area contributed by atoms with Crippen LogP contribution in [0.3, 0.4) is 0 Å². The highest BCUT2D eigenvalue weighted by atomic mass is 32.2. The fourth-order valence-corrected chi connectivity index (χ4v) is 3.61. The number of rotatable bonds is 10. The average molecular weight is 386 g/mol. The van der Waals surface area contributed by atoms with Crippen molar-refractivity contribution < 1.29 is 27.9 Å². The molecule has 1 aromatic rings. The number of aliphatic carboxylic acids is 1. The second-order valence-electron chi connectivity index (χ2n) is 5.93. The van der Waals surface area contributed by atoms with Crippen molar-refractivity contribution in [1.29, 1.82) is 0 Å². The predicted molar refractivity (Wildman–Crippen MR) is 96.3 cm³/mol. The van der Waals surface area contributed by atoms with E-state index in [1.807, 2.05) is 0 Å². The number of carboxylic acids is 1. The van der Waals surface area contributed by atoms with E-state index in [1.54, 1.807) is 20.8 Å². The van der Waals surface area contributed by atoms with Gasteiger partial charge in [0.1, 0.15) is 11.8 Å². The van der Waals surface area contributed by atoms with E-state index < -0.39 is 22.0 Å². The summed E-state index contributed by atoms with van der Waals surface area (Å²) in [6.45, 7) is 5.27. The van der Waals surface area contributed by atoms with Crippen molar-refractivity contribution in [3.05, 3.63) is 23.8 Å². The second-order valence-corrected chi connectivity index (χ2v) is 7.64. The van der Waals surface area contributed by atoms with Crippen LogP contribution in [-0.2, 0) is 26.2 Å². The molecule has 0 unspecified atom stereocenters. The first-order chi connectivity index (χ1) is 12.2. The van der Waals surface area contributed by atoms with Crippen LogP contribution in [0.2, 0.25) is 0 Å². The normalized spacial score (nSPS) is 13.7. The maximum Gasteiger partial charge on any atom is 0.322 e. The topological polar surface area (TPSA) is 122 Å². The number of sulfonamides is 1. The number of nitrogens with one attached hydrogen (secondary N) is 2. The molecule has 2 atom stereocenters. The van der Waals surface area contributed by atoms with E-state index in [0.717, 1.165) is 0 Å². The zero-order valence-corrected chi connectivity index (χ0v) is 16.2. The van der Waals surface area contributed by atoms with Crippen molar-refractivity contribution in [2.75, 3.05) is 7.11 Å². The highest BCUT2D eigenvalue weighted by molar-refractivity contribution is 7.89. The Labute approximate surface area is 154 Å². The van der Waals surface area contributed by atoms with E-state index in [4.69, 9.17) is 4.74 Å². The first-order valence-corrected chi connectivity index (χ1v) is 9.83. The quantitative estimate of drug-likeness (QED) is 0.560. The Balaban J connectivity index is 3.15. The summed E-state index contributed by atoms with van der Waals surface area (Å²) < 4.78 is 32.7. The number of carboxylic acid groups (broad SMARTS) is 1. The summed E-state index contributed by atoms with van der Waals surface area (Å²) >= 11 is 0. The number of carbonyl (C=O) groups is 2. The minimum Gasteiger partial charge on any atom is -0.496 e. The third-order valence-corrected chi connectivity index (χ3v) is 5.56. The van der Waals surface area contributed by atoms with Gasteiger partial charge in [-0.25, -0.2) is 8.42 Å². The van der Waals surface area contributed by atoms with E-state index in [9.17, 15) is 23.1 Å². The molecule has 146 valence electrons. The molecular weight excluding hydrogens is 360 g/mol. The molecule has 26 heavy (non-hydrogen) atoms. The van der Waals surface area contributed by atoms with Crippen molar-refractivity contribution in [3.63, 3.8) is 0 Å². The molecule has 0 fully saturated rings. The van der Waals surface area contributed by atoms with Gasteiger partial charge in [0.15, 0.2) is 0 Å². The lowest BCUT2D eigenvalue weighted by Gasteiger charge is -2.20.